The number of para-hydroxylation sites is 1. The van der Waals surface area contributed by atoms with Crippen molar-refractivity contribution in [3.05, 3.63) is 95.1 Å². The number of aryl methyl sites for hydroxylation is 2. The van der Waals surface area contributed by atoms with Gasteiger partial charge in [-0.25, -0.2) is 0 Å². The Morgan fingerprint density at radius 3 is 2.45 bits per heavy atom. The summed E-state index contributed by atoms with van der Waals surface area (Å²) >= 11 is 0. The lowest BCUT2D eigenvalue weighted by Gasteiger charge is -2.36. The summed E-state index contributed by atoms with van der Waals surface area (Å²) in [7, 11) is 0. The molecular formula is C27H31N3O. The van der Waals surface area contributed by atoms with Crippen LogP contribution in [0.25, 0.3) is 0 Å². The molecule has 0 aliphatic carbocycles. The third-order valence-corrected chi connectivity index (χ3v) is 5.99. The van der Waals surface area contributed by atoms with E-state index >= 15 is 0 Å². The van der Waals surface area contributed by atoms with E-state index in [0.29, 0.717) is 6.54 Å². The Morgan fingerprint density at radius 1 is 0.903 bits per heavy atom. The second kappa shape index (κ2) is 9.69. The molecule has 4 rings (SSSR count). The third kappa shape index (κ3) is 5.08. The van der Waals surface area contributed by atoms with Gasteiger partial charge in [0.1, 0.15) is 0 Å². The number of nitrogens with one attached hydrogen (secondary N) is 1. The quantitative estimate of drug-likeness (QED) is 0.608. The summed E-state index contributed by atoms with van der Waals surface area (Å²) in [5.41, 5.74) is 6.87. The summed E-state index contributed by atoms with van der Waals surface area (Å²) in [5, 5.41) is 3.52. The van der Waals surface area contributed by atoms with Crippen LogP contribution in [0.3, 0.4) is 0 Å². The molecule has 3 aromatic rings. The first-order valence-electron chi connectivity index (χ1n) is 11.2. The molecule has 31 heavy (non-hydrogen) atoms. The van der Waals surface area contributed by atoms with Crippen molar-refractivity contribution in [2.75, 3.05) is 36.4 Å². The Balaban J connectivity index is 1.37. The zero-order valence-electron chi connectivity index (χ0n) is 18.5. The van der Waals surface area contributed by atoms with E-state index in [-0.39, 0.29) is 5.91 Å². The highest BCUT2D eigenvalue weighted by molar-refractivity contribution is 5.94. The molecule has 1 amide bonds. The summed E-state index contributed by atoms with van der Waals surface area (Å²) in [4.78, 5) is 17.5. The minimum absolute atomic E-state index is 0.125. The molecule has 0 spiro atoms. The Morgan fingerprint density at radius 2 is 1.68 bits per heavy atom. The maximum absolute atomic E-state index is 13.1. The van der Waals surface area contributed by atoms with E-state index in [9.17, 15) is 4.79 Å². The number of hydrogen-bond donors (Lipinski definition) is 1. The fourth-order valence-electron chi connectivity index (χ4n) is 4.19. The average molecular weight is 414 g/mol. The van der Waals surface area contributed by atoms with Crippen molar-refractivity contribution in [2.45, 2.75) is 26.8 Å². The molecule has 160 valence electrons. The Labute approximate surface area is 185 Å². The molecule has 1 N–H and O–H groups in total. The van der Waals surface area contributed by atoms with Gasteiger partial charge in [-0.2, -0.15) is 0 Å². The molecule has 4 nitrogen and oxygen atoms in total. The Hall–Kier alpha value is -3.27. The van der Waals surface area contributed by atoms with Gasteiger partial charge in [0.05, 0.1) is 0 Å². The van der Waals surface area contributed by atoms with Crippen LogP contribution in [0, 0.1) is 6.92 Å². The zero-order chi connectivity index (χ0) is 21.6. The molecule has 1 aliphatic heterocycles. The molecule has 0 bridgehead atoms. The van der Waals surface area contributed by atoms with Crippen LogP contribution in [0.4, 0.5) is 11.4 Å². The Kier molecular flexibility index (Phi) is 6.56. The van der Waals surface area contributed by atoms with Gasteiger partial charge >= 0.3 is 0 Å². The number of piperazine rings is 1. The number of carbonyl (C=O) groups is 1. The van der Waals surface area contributed by atoms with E-state index in [4.69, 9.17) is 0 Å². The van der Waals surface area contributed by atoms with Crippen molar-refractivity contribution in [1.82, 2.24) is 4.90 Å². The summed E-state index contributed by atoms with van der Waals surface area (Å²) in [6.45, 7) is 8.22. The molecule has 0 aromatic heterocycles. The van der Waals surface area contributed by atoms with E-state index in [0.717, 1.165) is 49.4 Å². The van der Waals surface area contributed by atoms with Crippen LogP contribution in [0.1, 0.15) is 34.0 Å². The summed E-state index contributed by atoms with van der Waals surface area (Å²) in [5.74, 6) is 0.125. The van der Waals surface area contributed by atoms with Gasteiger partial charge < -0.3 is 15.1 Å². The van der Waals surface area contributed by atoms with Crippen LogP contribution in [-0.2, 0) is 13.0 Å². The lowest BCUT2D eigenvalue weighted by molar-refractivity contribution is 0.0746. The minimum atomic E-state index is 0.125. The van der Waals surface area contributed by atoms with E-state index in [1.54, 1.807) is 0 Å². The molecular weight excluding hydrogens is 382 g/mol. The van der Waals surface area contributed by atoms with Crippen molar-refractivity contribution in [2.24, 2.45) is 0 Å². The number of amides is 1. The van der Waals surface area contributed by atoms with Crippen molar-refractivity contribution in [3.8, 4) is 0 Å². The predicted molar refractivity (Wildman–Crippen MR) is 129 cm³/mol. The molecule has 0 atom stereocenters. The lowest BCUT2D eigenvalue weighted by atomic mass is 10.1. The number of nitrogens with zero attached hydrogens (tertiary/aromatic N) is 2. The lowest BCUT2D eigenvalue weighted by Crippen LogP contribution is -2.48. The SMILES string of the molecule is CCc1ccccc1NCc1cccc(C(=O)N2CCN(c3cccc(C)c3)CC2)c1. The van der Waals surface area contributed by atoms with Gasteiger partial charge in [-0.15, -0.1) is 0 Å². The number of rotatable bonds is 6. The highest BCUT2D eigenvalue weighted by Gasteiger charge is 2.22. The predicted octanol–water partition coefficient (Wildman–Crippen LogP) is 5.13. The van der Waals surface area contributed by atoms with E-state index in [1.807, 2.05) is 23.1 Å². The number of hydrogen-bond acceptors (Lipinski definition) is 3. The van der Waals surface area contributed by atoms with Gasteiger partial charge in [0.15, 0.2) is 0 Å². The topological polar surface area (TPSA) is 35.6 Å². The smallest absolute Gasteiger partial charge is 0.253 e. The van der Waals surface area contributed by atoms with Crippen molar-refractivity contribution < 1.29 is 4.79 Å². The first-order valence-corrected chi connectivity index (χ1v) is 11.2. The first-order chi connectivity index (χ1) is 15.1. The van der Waals surface area contributed by atoms with Crippen LogP contribution < -0.4 is 10.2 Å². The van der Waals surface area contributed by atoms with Crippen molar-refractivity contribution in [3.63, 3.8) is 0 Å². The fourth-order valence-corrected chi connectivity index (χ4v) is 4.19. The van der Waals surface area contributed by atoms with Crippen LogP contribution in [0.2, 0.25) is 0 Å². The van der Waals surface area contributed by atoms with Crippen LogP contribution >= 0.6 is 0 Å². The molecule has 1 saturated heterocycles. The highest BCUT2D eigenvalue weighted by atomic mass is 16.2. The minimum Gasteiger partial charge on any atom is -0.381 e. The molecule has 0 radical (unpaired) electrons. The molecule has 0 saturated carbocycles. The summed E-state index contributed by atoms with van der Waals surface area (Å²) < 4.78 is 0. The van der Waals surface area contributed by atoms with E-state index < -0.39 is 0 Å². The number of benzene rings is 3. The standard InChI is InChI=1S/C27H31N3O/c1-3-23-10-4-5-13-26(23)28-20-22-9-7-11-24(19-22)27(31)30-16-14-29(15-17-30)25-12-6-8-21(2)18-25/h4-13,18-19,28H,3,14-17,20H2,1-2H3. The molecule has 3 aromatic carbocycles. The molecule has 1 fully saturated rings. The van der Waals surface area contributed by atoms with Crippen LogP contribution in [-0.4, -0.2) is 37.0 Å². The number of carbonyl (C=O) groups excluding carboxylic acids is 1. The number of anilines is 2. The maximum atomic E-state index is 13.1. The van der Waals surface area contributed by atoms with Gasteiger partial charge in [0.2, 0.25) is 0 Å². The van der Waals surface area contributed by atoms with Gasteiger partial charge in [0, 0.05) is 49.7 Å². The first kappa shape index (κ1) is 21.0. The third-order valence-electron chi connectivity index (χ3n) is 5.99. The van der Waals surface area contributed by atoms with Gasteiger partial charge in [0.25, 0.3) is 5.91 Å². The molecule has 1 aliphatic rings. The molecule has 1 heterocycles. The fraction of sp³-hybridized carbons (Fsp3) is 0.296. The normalized spacial score (nSPS) is 13.9. The largest absolute Gasteiger partial charge is 0.381 e. The second-order valence-electron chi connectivity index (χ2n) is 8.18. The average Bonchev–Trinajstić information content (AvgIpc) is 2.83. The van der Waals surface area contributed by atoms with Crippen molar-refractivity contribution >= 4 is 17.3 Å². The highest BCUT2D eigenvalue weighted by Crippen LogP contribution is 2.20. The molecule has 4 heteroatoms. The van der Waals surface area contributed by atoms with E-state index in [2.05, 4.69) is 78.7 Å². The maximum Gasteiger partial charge on any atom is 0.253 e. The second-order valence-corrected chi connectivity index (χ2v) is 8.18. The van der Waals surface area contributed by atoms with Gasteiger partial charge in [-0.1, -0.05) is 49.4 Å². The monoisotopic (exact) mass is 413 g/mol. The summed E-state index contributed by atoms with van der Waals surface area (Å²) in [6.07, 6.45) is 0.996. The van der Waals surface area contributed by atoms with Crippen LogP contribution in [0.5, 0.6) is 0 Å². The van der Waals surface area contributed by atoms with E-state index in [1.165, 1.54) is 16.8 Å². The zero-order valence-corrected chi connectivity index (χ0v) is 18.5. The Bertz CT molecular complexity index is 1040. The van der Waals surface area contributed by atoms with Crippen LogP contribution in [0.15, 0.2) is 72.8 Å². The van der Waals surface area contributed by atoms with Gasteiger partial charge in [-0.3, -0.25) is 4.79 Å². The van der Waals surface area contributed by atoms with Gasteiger partial charge in [-0.05, 0) is 60.4 Å². The molecule has 0 unspecified atom stereocenters. The van der Waals surface area contributed by atoms with Crippen molar-refractivity contribution in [1.29, 1.82) is 0 Å². The summed E-state index contributed by atoms with van der Waals surface area (Å²) in [6, 6.07) is 25.0.